The lowest BCUT2D eigenvalue weighted by molar-refractivity contribution is 0.327. The van der Waals surface area contributed by atoms with Crippen molar-refractivity contribution in [3.8, 4) is 0 Å². The van der Waals surface area contributed by atoms with Crippen LogP contribution in [0.2, 0.25) is 0 Å². The molecule has 0 unspecified atom stereocenters. The zero-order chi connectivity index (χ0) is 20.4. The third kappa shape index (κ3) is 5.21. The Morgan fingerprint density at radius 3 is 1.27 bits per heavy atom. The van der Waals surface area contributed by atoms with Gasteiger partial charge in [0.15, 0.2) is 10.2 Å². The molecule has 4 N–H and O–H groups in total. The Labute approximate surface area is 162 Å². The molecule has 0 fully saturated rings. The van der Waals surface area contributed by atoms with Gasteiger partial charge in [-0.3, -0.25) is 9.34 Å². The van der Waals surface area contributed by atoms with Crippen molar-refractivity contribution in [1.82, 2.24) is 9.34 Å². The largest absolute Gasteiger partial charge is 0.431 e. The molecule has 14 heteroatoms. The van der Waals surface area contributed by atoms with Gasteiger partial charge in [-0.1, -0.05) is 12.1 Å². The number of hydrogen-bond acceptors (Lipinski definition) is 4. The zero-order valence-electron chi connectivity index (χ0n) is 14.4. The molecule has 1 aromatic carbocycles. The van der Waals surface area contributed by atoms with Crippen LogP contribution in [0.3, 0.4) is 0 Å². The van der Waals surface area contributed by atoms with E-state index in [9.17, 15) is 28.7 Å². The topological polar surface area (TPSA) is 128 Å². The predicted molar refractivity (Wildman–Crippen MR) is 108 cm³/mol. The highest BCUT2D eigenvalue weighted by molar-refractivity contribution is 7.81. The van der Waals surface area contributed by atoms with Gasteiger partial charge < -0.3 is 29.4 Å². The van der Waals surface area contributed by atoms with Gasteiger partial charge >= 0.3 is 15.5 Å². The maximum Gasteiger partial charge on any atom is 0.431 e. The second-order valence-electron chi connectivity index (χ2n) is 5.25. The second kappa shape index (κ2) is 8.28. The molecule has 1 rings (SSSR count). The van der Waals surface area contributed by atoms with E-state index in [0.29, 0.717) is 20.7 Å². The van der Waals surface area contributed by atoms with E-state index < -0.39 is 15.5 Å². The first-order chi connectivity index (χ1) is 11.7. The van der Waals surface area contributed by atoms with E-state index in [4.69, 9.17) is 24.4 Å². The lowest BCUT2D eigenvalue weighted by Gasteiger charge is -2.33. The Morgan fingerprint density at radius 2 is 1.04 bits per heavy atom. The molecule has 0 spiro atoms. The molecular formula is C12H20N4O6P2S2. The maximum absolute atomic E-state index is 11.4. The van der Waals surface area contributed by atoms with Crippen molar-refractivity contribution >= 4 is 61.5 Å². The minimum Gasteiger partial charge on any atom is -0.320 e. The molecule has 0 atom stereocenters. The van der Waals surface area contributed by atoms with Crippen LogP contribution >= 0.6 is 39.9 Å². The number of para-hydroxylation sites is 2. The number of rotatable bonds is 4. The Morgan fingerprint density at radius 1 is 0.769 bits per heavy atom. The van der Waals surface area contributed by atoms with Crippen LogP contribution in [0, 0.1) is 0 Å². The molecule has 0 amide bonds. The summed E-state index contributed by atoms with van der Waals surface area (Å²) in [6, 6.07) is 6.62. The standard InChI is InChI=1S/C12H20N4O6P2S2/c1-13(11(25)15(3)23(17,18)19)9-7-5-6-8-10(9)14(2)12(26)16(4)24(20,21)22/h5-8H,1-4H3,(H2,17,18,19)(H2,20,21,22). The SMILES string of the molecule is CN(C(=S)N(C)P(=O)(O)O)c1ccccc1N(C)C(=S)N(C)P(=O)(O)O. The summed E-state index contributed by atoms with van der Waals surface area (Å²) in [4.78, 5) is 39.8. The summed E-state index contributed by atoms with van der Waals surface area (Å²) in [6.07, 6.45) is 0. The predicted octanol–water partition coefficient (Wildman–Crippen LogP) is 1.18. The van der Waals surface area contributed by atoms with Crippen molar-refractivity contribution in [3.63, 3.8) is 0 Å². The number of thiocarbonyl (C=S) groups is 2. The van der Waals surface area contributed by atoms with Crippen LogP contribution < -0.4 is 9.80 Å². The number of hydrogen-bond donors (Lipinski definition) is 4. The average molecular weight is 442 g/mol. The highest BCUT2D eigenvalue weighted by Crippen LogP contribution is 2.42. The molecule has 146 valence electrons. The summed E-state index contributed by atoms with van der Waals surface area (Å²) in [7, 11) is -3.81. The third-order valence-electron chi connectivity index (χ3n) is 3.51. The van der Waals surface area contributed by atoms with Crippen LogP contribution in [0.25, 0.3) is 0 Å². The number of benzene rings is 1. The highest BCUT2D eigenvalue weighted by Gasteiger charge is 2.30. The molecule has 26 heavy (non-hydrogen) atoms. The summed E-state index contributed by atoms with van der Waals surface area (Å²) in [6.45, 7) is 0. The van der Waals surface area contributed by atoms with Gasteiger partial charge in [0, 0.05) is 28.2 Å². The van der Waals surface area contributed by atoms with Crippen molar-refractivity contribution in [1.29, 1.82) is 0 Å². The molecule has 0 aromatic heterocycles. The number of anilines is 2. The van der Waals surface area contributed by atoms with Crippen LogP contribution in [0.15, 0.2) is 24.3 Å². The molecule has 0 heterocycles. The van der Waals surface area contributed by atoms with Crippen LogP contribution in [0.5, 0.6) is 0 Å². The Bertz CT molecular complexity index is 733. The van der Waals surface area contributed by atoms with Gasteiger partial charge in [0.1, 0.15) is 0 Å². The van der Waals surface area contributed by atoms with Gasteiger partial charge in [0.05, 0.1) is 11.4 Å². The minimum atomic E-state index is -4.58. The van der Waals surface area contributed by atoms with Gasteiger partial charge in [-0.05, 0) is 36.6 Å². The first-order valence-corrected chi connectivity index (χ1v) is 10.9. The molecule has 0 saturated heterocycles. The quantitative estimate of drug-likeness (QED) is 0.395. The van der Waals surface area contributed by atoms with E-state index in [-0.39, 0.29) is 10.2 Å². The van der Waals surface area contributed by atoms with E-state index in [1.807, 2.05) is 0 Å². The van der Waals surface area contributed by atoms with E-state index in [0.717, 1.165) is 14.1 Å². The molecule has 0 aliphatic rings. The molecule has 0 aliphatic carbocycles. The fourth-order valence-corrected chi connectivity index (χ4v) is 3.44. The third-order valence-corrected chi connectivity index (χ3v) is 6.82. The van der Waals surface area contributed by atoms with Gasteiger partial charge in [-0.15, -0.1) is 0 Å². The molecule has 0 aliphatic heterocycles. The summed E-state index contributed by atoms with van der Waals surface area (Å²) in [5.41, 5.74) is 0.864. The maximum atomic E-state index is 11.4. The normalized spacial score (nSPS) is 11.7. The molecule has 0 saturated carbocycles. The van der Waals surface area contributed by atoms with Crippen molar-refractivity contribution in [2.75, 3.05) is 38.0 Å². The van der Waals surface area contributed by atoms with Crippen LogP contribution in [-0.4, -0.2) is 67.3 Å². The Hall–Kier alpha value is -1.10. The smallest absolute Gasteiger partial charge is 0.320 e. The lowest BCUT2D eigenvalue weighted by atomic mass is 10.2. The first kappa shape index (κ1) is 22.9. The zero-order valence-corrected chi connectivity index (χ0v) is 17.8. The fraction of sp³-hybridized carbons (Fsp3) is 0.333. The average Bonchev–Trinajstić information content (AvgIpc) is 2.56. The summed E-state index contributed by atoms with van der Waals surface area (Å²) >= 11 is 10.3. The van der Waals surface area contributed by atoms with Crippen molar-refractivity contribution < 1.29 is 28.7 Å². The fourth-order valence-electron chi connectivity index (χ4n) is 1.89. The minimum absolute atomic E-state index is 0.145. The second-order valence-corrected chi connectivity index (χ2v) is 9.23. The Balaban J connectivity index is 3.26. The van der Waals surface area contributed by atoms with Crippen molar-refractivity contribution in [3.05, 3.63) is 24.3 Å². The molecule has 0 radical (unpaired) electrons. The first-order valence-electron chi connectivity index (χ1n) is 6.93. The number of nitrogens with zero attached hydrogens (tertiary/aromatic N) is 4. The molecular weight excluding hydrogens is 422 g/mol. The summed E-state index contributed by atoms with van der Waals surface area (Å²) in [5.74, 6) is 0. The van der Waals surface area contributed by atoms with E-state index in [2.05, 4.69) is 0 Å². The van der Waals surface area contributed by atoms with Gasteiger partial charge in [-0.2, -0.15) is 0 Å². The van der Waals surface area contributed by atoms with Gasteiger partial charge in [0.25, 0.3) is 0 Å². The lowest BCUT2D eigenvalue weighted by Crippen LogP contribution is -2.40. The van der Waals surface area contributed by atoms with E-state index >= 15 is 0 Å². The molecule has 0 bridgehead atoms. The van der Waals surface area contributed by atoms with Crippen LogP contribution in [-0.2, 0) is 9.13 Å². The van der Waals surface area contributed by atoms with Crippen molar-refractivity contribution in [2.24, 2.45) is 0 Å². The molecule has 1 aromatic rings. The Kier molecular flexibility index (Phi) is 7.31. The van der Waals surface area contributed by atoms with Crippen LogP contribution in [0.1, 0.15) is 0 Å². The molecule has 10 nitrogen and oxygen atoms in total. The van der Waals surface area contributed by atoms with Crippen molar-refractivity contribution in [2.45, 2.75) is 0 Å². The van der Waals surface area contributed by atoms with E-state index in [1.165, 1.54) is 23.9 Å². The highest BCUT2D eigenvalue weighted by atomic mass is 32.1. The summed E-state index contributed by atoms with van der Waals surface area (Å²) in [5, 5.41) is -0.290. The summed E-state index contributed by atoms with van der Waals surface area (Å²) < 4.78 is 24.1. The van der Waals surface area contributed by atoms with Gasteiger partial charge in [-0.25, -0.2) is 9.13 Å². The van der Waals surface area contributed by atoms with Crippen LogP contribution in [0.4, 0.5) is 11.4 Å². The van der Waals surface area contributed by atoms with Gasteiger partial charge in [0.2, 0.25) is 0 Å². The van der Waals surface area contributed by atoms with E-state index in [1.54, 1.807) is 24.3 Å². The monoisotopic (exact) mass is 442 g/mol.